The van der Waals surface area contributed by atoms with Gasteiger partial charge in [-0.15, -0.1) is 0 Å². The first-order valence-electron chi connectivity index (χ1n) is 10.6. The molecule has 1 aromatic carbocycles. The zero-order chi connectivity index (χ0) is 22.0. The SMILES string of the molecule is CCc1nc(-c2cncnc2C2CCN(C(=O)C(C)(C)Oc3cccc(C)c3)C2)no1. The van der Waals surface area contributed by atoms with Crippen LogP contribution in [0.1, 0.15) is 50.3 Å². The molecule has 0 aliphatic carbocycles. The molecule has 8 nitrogen and oxygen atoms in total. The van der Waals surface area contributed by atoms with Gasteiger partial charge in [-0.3, -0.25) is 4.79 Å². The number of carbonyl (C=O) groups is 1. The van der Waals surface area contributed by atoms with Crippen LogP contribution in [0.25, 0.3) is 11.4 Å². The van der Waals surface area contributed by atoms with Crippen molar-refractivity contribution in [1.29, 1.82) is 0 Å². The maximum absolute atomic E-state index is 13.3. The molecule has 1 atom stereocenters. The fraction of sp³-hybridized carbons (Fsp3) is 0.435. The van der Waals surface area contributed by atoms with Crippen LogP contribution in [-0.2, 0) is 11.2 Å². The molecule has 8 heteroatoms. The standard InChI is InChI=1S/C23H27N5O3/c1-5-19-26-21(27-31-19)18-12-24-14-25-20(18)16-9-10-28(13-16)22(29)23(3,4)30-17-8-6-7-15(2)11-17/h6-8,11-12,14,16H,5,9-10,13H2,1-4H3. The Balaban J connectivity index is 1.50. The number of likely N-dealkylation sites (tertiary alicyclic amines) is 1. The number of hydrogen-bond donors (Lipinski definition) is 0. The molecule has 0 N–H and O–H groups in total. The van der Waals surface area contributed by atoms with E-state index in [1.54, 1.807) is 6.20 Å². The summed E-state index contributed by atoms with van der Waals surface area (Å²) >= 11 is 0. The van der Waals surface area contributed by atoms with Crippen molar-refractivity contribution in [3.63, 3.8) is 0 Å². The third kappa shape index (κ3) is 4.42. The smallest absolute Gasteiger partial charge is 0.266 e. The molecule has 3 heterocycles. The van der Waals surface area contributed by atoms with E-state index in [0.717, 1.165) is 23.2 Å². The summed E-state index contributed by atoms with van der Waals surface area (Å²) in [6.45, 7) is 8.78. The Hall–Kier alpha value is -3.29. The lowest BCUT2D eigenvalue weighted by Gasteiger charge is -2.30. The number of hydrogen-bond acceptors (Lipinski definition) is 7. The molecule has 1 saturated heterocycles. The molecule has 0 radical (unpaired) electrons. The molecule has 162 valence electrons. The number of carbonyl (C=O) groups excluding carboxylic acids is 1. The lowest BCUT2D eigenvalue weighted by molar-refractivity contribution is -0.144. The largest absolute Gasteiger partial charge is 0.478 e. The van der Waals surface area contributed by atoms with Gasteiger partial charge >= 0.3 is 0 Å². The molecule has 2 aromatic heterocycles. The number of benzene rings is 1. The topological polar surface area (TPSA) is 94.2 Å². The Morgan fingerprint density at radius 2 is 2.19 bits per heavy atom. The molecule has 0 bridgehead atoms. The summed E-state index contributed by atoms with van der Waals surface area (Å²) < 4.78 is 11.3. The molecule has 0 saturated carbocycles. The first-order valence-corrected chi connectivity index (χ1v) is 10.6. The molecule has 0 spiro atoms. The van der Waals surface area contributed by atoms with E-state index in [0.29, 0.717) is 37.0 Å². The first-order chi connectivity index (χ1) is 14.9. The van der Waals surface area contributed by atoms with E-state index in [1.165, 1.54) is 6.33 Å². The van der Waals surface area contributed by atoms with E-state index < -0.39 is 5.60 Å². The Kier molecular flexibility index (Phi) is 5.71. The van der Waals surface area contributed by atoms with Crippen molar-refractivity contribution >= 4 is 5.91 Å². The predicted octanol–water partition coefficient (Wildman–Crippen LogP) is 3.57. The molecule has 31 heavy (non-hydrogen) atoms. The van der Waals surface area contributed by atoms with Crippen LogP contribution in [0.3, 0.4) is 0 Å². The first kappa shape index (κ1) is 21.0. The third-order valence-electron chi connectivity index (χ3n) is 5.49. The summed E-state index contributed by atoms with van der Waals surface area (Å²) in [4.78, 5) is 28.2. The second kappa shape index (κ2) is 8.45. The number of nitrogens with zero attached hydrogens (tertiary/aromatic N) is 5. The van der Waals surface area contributed by atoms with Crippen LogP contribution in [0.2, 0.25) is 0 Å². The zero-order valence-corrected chi connectivity index (χ0v) is 18.3. The second-order valence-electron chi connectivity index (χ2n) is 8.35. The van der Waals surface area contributed by atoms with Crippen LogP contribution in [-0.4, -0.2) is 49.6 Å². The number of aromatic nitrogens is 4. The van der Waals surface area contributed by atoms with Crippen molar-refractivity contribution < 1.29 is 14.1 Å². The molecule has 1 aliphatic rings. The molecule has 4 rings (SSSR count). The molecule has 1 unspecified atom stereocenters. The quantitative estimate of drug-likeness (QED) is 0.600. The van der Waals surface area contributed by atoms with Gasteiger partial charge in [0.15, 0.2) is 5.60 Å². The molecule has 1 fully saturated rings. The molecule has 1 aliphatic heterocycles. The summed E-state index contributed by atoms with van der Waals surface area (Å²) in [5.74, 6) is 1.78. The highest BCUT2D eigenvalue weighted by Crippen LogP contribution is 2.33. The number of amides is 1. The Morgan fingerprint density at radius 1 is 1.35 bits per heavy atom. The normalized spacial score (nSPS) is 16.5. The number of ether oxygens (including phenoxy) is 1. The van der Waals surface area contributed by atoms with Gasteiger partial charge in [0, 0.05) is 31.6 Å². The van der Waals surface area contributed by atoms with Gasteiger partial charge in [0.05, 0.1) is 11.3 Å². The Bertz CT molecular complexity index is 1080. The lowest BCUT2D eigenvalue weighted by Crippen LogP contribution is -2.48. The predicted molar refractivity (Wildman–Crippen MR) is 115 cm³/mol. The van der Waals surface area contributed by atoms with Crippen molar-refractivity contribution in [2.45, 2.75) is 52.1 Å². The number of aryl methyl sites for hydroxylation is 2. The van der Waals surface area contributed by atoms with E-state index in [-0.39, 0.29) is 11.8 Å². The Morgan fingerprint density at radius 3 is 2.94 bits per heavy atom. The Labute approximate surface area is 181 Å². The summed E-state index contributed by atoms with van der Waals surface area (Å²) in [6, 6.07) is 7.73. The maximum Gasteiger partial charge on any atom is 0.266 e. The van der Waals surface area contributed by atoms with E-state index in [4.69, 9.17) is 9.26 Å². The molecule has 1 amide bonds. The van der Waals surface area contributed by atoms with Crippen molar-refractivity contribution in [1.82, 2.24) is 25.0 Å². The van der Waals surface area contributed by atoms with Crippen molar-refractivity contribution in [2.24, 2.45) is 0 Å². The summed E-state index contributed by atoms with van der Waals surface area (Å²) in [7, 11) is 0. The van der Waals surface area contributed by atoms with Crippen LogP contribution in [0.5, 0.6) is 5.75 Å². The van der Waals surface area contributed by atoms with Gasteiger partial charge < -0.3 is 14.2 Å². The van der Waals surface area contributed by atoms with Gasteiger partial charge in [0.2, 0.25) is 11.7 Å². The van der Waals surface area contributed by atoms with Gasteiger partial charge in [0.25, 0.3) is 5.91 Å². The summed E-state index contributed by atoms with van der Waals surface area (Å²) in [5.41, 5.74) is 1.71. The van der Waals surface area contributed by atoms with Gasteiger partial charge in [-0.25, -0.2) is 9.97 Å². The van der Waals surface area contributed by atoms with Gasteiger partial charge in [-0.05, 0) is 44.9 Å². The van der Waals surface area contributed by atoms with E-state index >= 15 is 0 Å². The highest BCUT2D eigenvalue weighted by molar-refractivity contribution is 5.85. The zero-order valence-electron chi connectivity index (χ0n) is 18.3. The highest BCUT2D eigenvalue weighted by atomic mass is 16.5. The van der Waals surface area contributed by atoms with Crippen molar-refractivity contribution in [2.75, 3.05) is 13.1 Å². The number of rotatable bonds is 6. The molecule has 3 aromatic rings. The minimum absolute atomic E-state index is 0.0417. The van der Waals surface area contributed by atoms with E-state index in [2.05, 4.69) is 20.1 Å². The third-order valence-corrected chi connectivity index (χ3v) is 5.49. The summed E-state index contributed by atoms with van der Waals surface area (Å²) in [6.07, 6.45) is 4.70. The average Bonchev–Trinajstić information content (AvgIpc) is 3.43. The van der Waals surface area contributed by atoms with Crippen molar-refractivity contribution in [3.8, 4) is 17.1 Å². The molecular formula is C23H27N5O3. The minimum atomic E-state index is -0.971. The fourth-order valence-corrected chi connectivity index (χ4v) is 3.91. The second-order valence-corrected chi connectivity index (χ2v) is 8.35. The lowest BCUT2D eigenvalue weighted by atomic mass is 10.00. The van der Waals surface area contributed by atoms with Crippen LogP contribution < -0.4 is 4.74 Å². The van der Waals surface area contributed by atoms with Gasteiger partial charge in [-0.2, -0.15) is 4.98 Å². The van der Waals surface area contributed by atoms with Gasteiger partial charge in [-0.1, -0.05) is 24.2 Å². The van der Waals surface area contributed by atoms with Crippen LogP contribution >= 0.6 is 0 Å². The van der Waals surface area contributed by atoms with E-state index in [1.807, 2.05) is 56.9 Å². The van der Waals surface area contributed by atoms with Crippen LogP contribution in [0.4, 0.5) is 0 Å². The van der Waals surface area contributed by atoms with Crippen LogP contribution in [0, 0.1) is 6.92 Å². The minimum Gasteiger partial charge on any atom is -0.478 e. The molecular weight excluding hydrogens is 394 g/mol. The maximum atomic E-state index is 13.3. The van der Waals surface area contributed by atoms with Crippen LogP contribution in [0.15, 0.2) is 41.3 Å². The fourth-order valence-electron chi connectivity index (χ4n) is 3.91. The summed E-state index contributed by atoms with van der Waals surface area (Å²) in [5, 5.41) is 4.07. The van der Waals surface area contributed by atoms with Crippen molar-refractivity contribution in [3.05, 3.63) is 53.9 Å². The average molecular weight is 422 g/mol. The monoisotopic (exact) mass is 421 g/mol. The highest BCUT2D eigenvalue weighted by Gasteiger charge is 2.39. The van der Waals surface area contributed by atoms with E-state index in [9.17, 15) is 4.79 Å². The van der Waals surface area contributed by atoms with Gasteiger partial charge in [0.1, 0.15) is 12.1 Å².